The molecule has 2 aromatic carbocycles. The van der Waals surface area contributed by atoms with Crippen molar-refractivity contribution >= 4 is 23.3 Å². The molecule has 25 heavy (non-hydrogen) atoms. The van der Waals surface area contributed by atoms with Crippen molar-refractivity contribution in [3.63, 3.8) is 0 Å². The molecule has 0 radical (unpaired) electrons. The molecule has 0 bridgehead atoms. The van der Waals surface area contributed by atoms with Crippen molar-refractivity contribution in [3.05, 3.63) is 75.8 Å². The number of nitro groups is 1. The average molecular weight is 342 g/mol. The first-order chi connectivity index (χ1) is 12.0. The van der Waals surface area contributed by atoms with Gasteiger partial charge in [-0.3, -0.25) is 24.5 Å². The third-order valence-corrected chi connectivity index (χ3v) is 3.17. The minimum atomic E-state index is -0.789. The summed E-state index contributed by atoms with van der Waals surface area (Å²) in [6.45, 7) is -0.961. The first-order valence-corrected chi connectivity index (χ1v) is 7.24. The van der Waals surface area contributed by atoms with Gasteiger partial charge in [-0.25, -0.2) is 0 Å². The molecule has 1 N–H and O–H groups in total. The van der Waals surface area contributed by atoms with Crippen LogP contribution in [0, 0.1) is 10.1 Å². The van der Waals surface area contributed by atoms with E-state index in [1.807, 2.05) is 0 Å². The Labute approximate surface area is 142 Å². The molecule has 128 valence electrons. The SMILES string of the molecule is O=C(CNC(=O)c1ccccc1)OCC(=O)c1cccc([N+](=O)[O-])c1. The second-order valence-electron chi connectivity index (χ2n) is 4.94. The molecule has 0 saturated heterocycles. The second kappa shape index (κ2) is 8.34. The molecule has 0 fully saturated rings. The number of hydrogen-bond acceptors (Lipinski definition) is 6. The summed E-state index contributed by atoms with van der Waals surface area (Å²) >= 11 is 0. The van der Waals surface area contributed by atoms with Gasteiger partial charge in [0, 0.05) is 23.3 Å². The predicted molar refractivity (Wildman–Crippen MR) is 87.2 cm³/mol. The first kappa shape index (κ1) is 17.8. The van der Waals surface area contributed by atoms with E-state index >= 15 is 0 Å². The van der Waals surface area contributed by atoms with Crippen LogP contribution in [0.2, 0.25) is 0 Å². The number of nitro benzene ring substituents is 1. The number of nitrogens with zero attached hydrogens (tertiary/aromatic N) is 1. The van der Waals surface area contributed by atoms with Crippen LogP contribution in [-0.4, -0.2) is 35.7 Å². The van der Waals surface area contributed by atoms with E-state index in [9.17, 15) is 24.5 Å². The Kier molecular flexibility index (Phi) is 5.94. The highest BCUT2D eigenvalue weighted by atomic mass is 16.6. The van der Waals surface area contributed by atoms with E-state index in [4.69, 9.17) is 4.74 Å². The van der Waals surface area contributed by atoms with Crippen LogP contribution in [0.3, 0.4) is 0 Å². The summed E-state index contributed by atoms with van der Waals surface area (Å²) in [4.78, 5) is 45.3. The Morgan fingerprint density at radius 3 is 2.36 bits per heavy atom. The van der Waals surface area contributed by atoms with Gasteiger partial charge in [0.15, 0.2) is 6.61 Å². The van der Waals surface area contributed by atoms with Gasteiger partial charge in [0.2, 0.25) is 5.78 Å². The molecule has 0 saturated carbocycles. The number of nitrogens with one attached hydrogen (secondary N) is 1. The summed E-state index contributed by atoms with van der Waals surface area (Å²) in [6.07, 6.45) is 0. The monoisotopic (exact) mass is 342 g/mol. The third-order valence-electron chi connectivity index (χ3n) is 3.17. The van der Waals surface area contributed by atoms with E-state index in [0.717, 1.165) is 6.07 Å². The van der Waals surface area contributed by atoms with E-state index in [1.54, 1.807) is 30.3 Å². The van der Waals surface area contributed by atoms with Crippen molar-refractivity contribution in [2.45, 2.75) is 0 Å². The molecule has 0 aliphatic heterocycles. The number of carbonyl (C=O) groups excluding carboxylic acids is 3. The van der Waals surface area contributed by atoms with Gasteiger partial charge in [-0.05, 0) is 12.1 Å². The minimum Gasteiger partial charge on any atom is -0.456 e. The lowest BCUT2D eigenvalue weighted by Crippen LogP contribution is -2.31. The highest BCUT2D eigenvalue weighted by Gasteiger charge is 2.14. The summed E-state index contributed by atoms with van der Waals surface area (Å²) in [6, 6.07) is 13.4. The Balaban J connectivity index is 1.81. The number of amides is 1. The van der Waals surface area contributed by atoms with Crippen LogP contribution in [0.1, 0.15) is 20.7 Å². The second-order valence-corrected chi connectivity index (χ2v) is 4.94. The number of ketones is 1. The number of rotatable bonds is 7. The minimum absolute atomic E-state index is 0.0651. The molecule has 0 atom stereocenters. The quantitative estimate of drug-likeness (QED) is 0.355. The number of non-ortho nitro benzene ring substituents is 1. The van der Waals surface area contributed by atoms with Crippen LogP contribution in [0.15, 0.2) is 54.6 Å². The fourth-order valence-corrected chi connectivity index (χ4v) is 1.92. The van der Waals surface area contributed by atoms with Crippen LogP contribution < -0.4 is 5.32 Å². The normalized spacial score (nSPS) is 9.92. The lowest BCUT2D eigenvalue weighted by Gasteiger charge is -2.06. The summed E-state index contributed by atoms with van der Waals surface area (Å²) in [5.74, 6) is -1.81. The standard InChI is InChI=1S/C17H14N2O6/c20-15(13-7-4-8-14(9-13)19(23)24)11-25-16(21)10-18-17(22)12-5-2-1-3-6-12/h1-9H,10-11H2,(H,18,22). The largest absolute Gasteiger partial charge is 0.456 e. The van der Waals surface area contributed by atoms with E-state index in [0.29, 0.717) is 5.56 Å². The van der Waals surface area contributed by atoms with Crippen LogP contribution in [0.25, 0.3) is 0 Å². The maximum absolute atomic E-state index is 11.9. The molecule has 0 heterocycles. The molecule has 8 heteroatoms. The zero-order chi connectivity index (χ0) is 18.2. The van der Waals surface area contributed by atoms with Gasteiger partial charge in [0.25, 0.3) is 11.6 Å². The van der Waals surface area contributed by atoms with Crippen molar-refractivity contribution in [2.24, 2.45) is 0 Å². The Morgan fingerprint density at radius 1 is 1.00 bits per heavy atom. The lowest BCUT2D eigenvalue weighted by molar-refractivity contribution is -0.384. The molecular formula is C17H14N2O6. The zero-order valence-corrected chi connectivity index (χ0v) is 13.0. The van der Waals surface area contributed by atoms with Crippen LogP contribution in [0.5, 0.6) is 0 Å². The molecule has 0 spiro atoms. The number of ether oxygens (including phenoxy) is 1. The van der Waals surface area contributed by atoms with Gasteiger partial charge in [-0.1, -0.05) is 30.3 Å². The van der Waals surface area contributed by atoms with E-state index in [-0.39, 0.29) is 11.3 Å². The van der Waals surface area contributed by atoms with Crippen molar-refractivity contribution in [1.82, 2.24) is 5.32 Å². The number of esters is 1. The van der Waals surface area contributed by atoms with Gasteiger partial charge in [0.1, 0.15) is 6.54 Å². The summed E-state index contributed by atoms with van der Waals surface area (Å²) < 4.78 is 4.77. The third kappa shape index (κ3) is 5.24. The fourth-order valence-electron chi connectivity index (χ4n) is 1.92. The van der Waals surface area contributed by atoms with Gasteiger partial charge in [-0.2, -0.15) is 0 Å². The highest BCUT2D eigenvalue weighted by Crippen LogP contribution is 2.13. The Hall–Kier alpha value is -3.55. The molecule has 0 unspecified atom stereocenters. The van der Waals surface area contributed by atoms with E-state index < -0.39 is 35.7 Å². The van der Waals surface area contributed by atoms with Gasteiger partial charge < -0.3 is 10.1 Å². The summed E-state index contributed by atoms with van der Waals surface area (Å²) in [7, 11) is 0. The zero-order valence-electron chi connectivity index (χ0n) is 13.0. The van der Waals surface area contributed by atoms with Crippen LogP contribution in [0.4, 0.5) is 5.69 Å². The average Bonchev–Trinajstić information content (AvgIpc) is 2.64. The van der Waals surface area contributed by atoms with Crippen molar-refractivity contribution in [1.29, 1.82) is 0 Å². The van der Waals surface area contributed by atoms with Crippen molar-refractivity contribution < 1.29 is 24.0 Å². The van der Waals surface area contributed by atoms with Crippen LogP contribution >= 0.6 is 0 Å². The maximum Gasteiger partial charge on any atom is 0.325 e. The molecule has 2 aromatic rings. The molecule has 0 aromatic heterocycles. The van der Waals surface area contributed by atoms with Gasteiger partial charge in [-0.15, -0.1) is 0 Å². The molecule has 0 aliphatic carbocycles. The molecule has 1 amide bonds. The summed E-state index contributed by atoms with van der Waals surface area (Å²) in [5.41, 5.74) is 0.227. The molecular weight excluding hydrogens is 328 g/mol. The van der Waals surface area contributed by atoms with Gasteiger partial charge in [0.05, 0.1) is 4.92 Å². The molecule has 0 aliphatic rings. The van der Waals surface area contributed by atoms with E-state index in [1.165, 1.54) is 18.2 Å². The number of carbonyl (C=O) groups is 3. The smallest absolute Gasteiger partial charge is 0.325 e. The number of hydrogen-bond donors (Lipinski definition) is 1. The van der Waals surface area contributed by atoms with E-state index in [2.05, 4.69) is 5.32 Å². The maximum atomic E-state index is 11.9. The van der Waals surface area contributed by atoms with Crippen molar-refractivity contribution in [2.75, 3.05) is 13.2 Å². The number of Topliss-reactive ketones (excluding diaryl/α,β-unsaturated/α-hetero) is 1. The van der Waals surface area contributed by atoms with Crippen LogP contribution in [-0.2, 0) is 9.53 Å². The highest BCUT2D eigenvalue weighted by molar-refractivity contribution is 5.99. The Morgan fingerprint density at radius 2 is 1.68 bits per heavy atom. The topological polar surface area (TPSA) is 116 Å². The number of benzene rings is 2. The first-order valence-electron chi connectivity index (χ1n) is 7.24. The molecule has 8 nitrogen and oxygen atoms in total. The Bertz CT molecular complexity index is 804. The molecule has 2 rings (SSSR count). The van der Waals surface area contributed by atoms with Gasteiger partial charge >= 0.3 is 5.97 Å². The predicted octanol–water partition coefficient (Wildman–Crippen LogP) is 1.75. The lowest BCUT2D eigenvalue weighted by atomic mass is 10.1. The summed E-state index contributed by atoms with van der Waals surface area (Å²) in [5, 5.41) is 13.0. The van der Waals surface area contributed by atoms with Crippen molar-refractivity contribution in [3.8, 4) is 0 Å². The fraction of sp³-hybridized carbons (Fsp3) is 0.118.